The molecule has 1 saturated heterocycles. The summed E-state index contributed by atoms with van der Waals surface area (Å²) in [5.41, 5.74) is 5.17. The fourth-order valence-electron chi connectivity index (χ4n) is 4.30. The summed E-state index contributed by atoms with van der Waals surface area (Å²) >= 11 is 0. The number of hydrogen-bond donors (Lipinski definition) is 0. The Morgan fingerprint density at radius 3 is 2.24 bits per heavy atom. The van der Waals surface area contributed by atoms with Gasteiger partial charge in [0.15, 0.2) is 0 Å². The third-order valence-corrected chi connectivity index (χ3v) is 6.32. The summed E-state index contributed by atoms with van der Waals surface area (Å²) < 4.78 is 0. The highest BCUT2D eigenvalue weighted by Crippen LogP contribution is 2.29. The van der Waals surface area contributed by atoms with E-state index in [1.807, 2.05) is 68.4 Å². The van der Waals surface area contributed by atoms with Crippen LogP contribution in [0.4, 0.5) is 5.69 Å². The molecule has 1 heterocycles. The van der Waals surface area contributed by atoms with Crippen molar-refractivity contribution < 1.29 is 14.4 Å². The first kappa shape index (κ1) is 23.4. The predicted octanol–water partition coefficient (Wildman–Crippen LogP) is 5.40. The Morgan fingerprint density at radius 2 is 1.62 bits per heavy atom. The molecule has 0 N–H and O–H groups in total. The van der Waals surface area contributed by atoms with Gasteiger partial charge in [0.1, 0.15) is 6.04 Å². The number of hydrogen-bond acceptors (Lipinski definition) is 3. The maximum Gasteiger partial charge on any atom is 0.257 e. The Bertz CT molecular complexity index is 1210. The molecule has 1 fully saturated rings. The van der Waals surface area contributed by atoms with E-state index in [9.17, 15) is 14.4 Å². The van der Waals surface area contributed by atoms with Gasteiger partial charge in [-0.2, -0.15) is 0 Å². The normalized spacial score (nSPS) is 15.8. The van der Waals surface area contributed by atoms with Gasteiger partial charge >= 0.3 is 0 Å². The Kier molecular flexibility index (Phi) is 6.64. The highest BCUT2D eigenvalue weighted by Gasteiger charge is 2.44. The molecule has 4 rings (SSSR count). The molecule has 0 saturated carbocycles. The van der Waals surface area contributed by atoms with Crippen LogP contribution in [0.15, 0.2) is 72.8 Å². The summed E-state index contributed by atoms with van der Waals surface area (Å²) in [6, 6.07) is 21.8. The Labute approximate surface area is 201 Å². The molecule has 0 bridgehead atoms. The zero-order valence-corrected chi connectivity index (χ0v) is 20.1. The number of carbonyl (C=O) groups excluding carboxylic acids is 3. The number of aryl methyl sites for hydroxylation is 2. The van der Waals surface area contributed by atoms with Crippen molar-refractivity contribution >= 4 is 23.4 Å². The molecule has 1 aliphatic heterocycles. The average Bonchev–Trinajstić information content (AvgIpc) is 3.11. The monoisotopic (exact) mass is 454 g/mol. The number of amides is 3. The molecular formula is C29H30N2O3. The highest BCUT2D eigenvalue weighted by atomic mass is 16.2. The van der Waals surface area contributed by atoms with Gasteiger partial charge in [0, 0.05) is 12.1 Å². The Hall–Kier alpha value is -3.73. The fraction of sp³-hybridized carbons (Fsp3) is 0.276. The van der Waals surface area contributed by atoms with Gasteiger partial charge in [0.05, 0.1) is 12.1 Å². The van der Waals surface area contributed by atoms with Crippen molar-refractivity contribution in [2.24, 2.45) is 0 Å². The summed E-state index contributed by atoms with van der Waals surface area (Å²) in [5, 5.41) is 0. The van der Waals surface area contributed by atoms with E-state index in [1.54, 1.807) is 23.1 Å². The quantitative estimate of drug-likeness (QED) is 0.469. The zero-order chi connectivity index (χ0) is 24.4. The summed E-state index contributed by atoms with van der Waals surface area (Å²) in [5.74, 6) is -0.565. The summed E-state index contributed by atoms with van der Waals surface area (Å²) in [6.45, 7) is 8.36. The van der Waals surface area contributed by atoms with E-state index >= 15 is 0 Å². The number of nitrogens with zero attached hydrogens (tertiary/aromatic N) is 2. The van der Waals surface area contributed by atoms with E-state index in [-0.39, 0.29) is 30.7 Å². The van der Waals surface area contributed by atoms with Crippen molar-refractivity contribution in [2.75, 3.05) is 4.90 Å². The molecule has 5 nitrogen and oxygen atoms in total. The van der Waals surface area contributed by atoms with Gasteiger partial charge in [-0.25, -0.2) is 4.90 Å². The molecule has 1 aliphatic rings. The van der Waals surface area contributed by atoms with Crippen LogP contribution in [-0.4, -0.2) is 28.7 Å². The molecule has 3 aromatic rings. The predicted molar refractivity (Wildman–Crippen MR) is 134 cm³/mol. The van der Waals surface area contributed by atoms with E-state index in [0.717, 1.165) is 22.3 Å². The lowest BCUT2D eigenvalue weighted by Gasteiger charge is -2.28. The van der Waals surface area contributed by atoms with Crippen LogP contribution in [0.2, 0.25) is 0 Å². The Balaban J connectivity index is 1.67. The molecule has 0 aliphatic carbocycles. The smallest absolute Gasteiger partial charge is 0.257 e. The third kappa shape index (κ3) is 4.79. The number of carbonyl (C=O) groups is 3. The van der Waals surface area contributed by atoms with Gasteiger partial charge in [-0.15, -0.1) is 0 Å². The van der Waals surface area contributed by atoms with Crippen LogP contribution in [0, 0.1) is 13.8 Å². The van der Waals surface area contributed by atoms with Crippen LogP contribution < -0.4 is 4.90 Å². The number of imide groups is 1. The lowest BCUT2D eigenvalue weighted by atomic mass is 10.0. The van der Waals surface area contributed by atoms with E-state index in [2.05, 4.69) is 13.8 Å². The van der Waals surface area contributed by atoms with Crippen molar-refractivity contribution in [3.63, 3.8) is 0 Å². The van der Waals surface area contributed by atoms with E-state index < -0.39 is 6.04 Å². The van der Waals surface area contributed by atoms with Gasteiger partial charge in [-0.3, -0.25) is 14.4 Å². The van der Waals surface area contributed by atoms with Crippen molar-refractivity contribution in [3.05, 3.63) is 101 Å². The molecular weight excluding hydrogens is 424 g/mol. The van der Waals surface area contributed by atoms with Crippen LogP contribution >= 0.6 is 0 Å². The van der Waals surface area contributed by atoms with Gasteiger partial charge in [-0.1, -0.05) is 73.5 Å². The molecule has 1 atom stereocenters. The number of benzene rings is 3. The van der Waals surface area contributed by atoms with Gasteiger partial charge in [0.25, 0.3) is 11.8 Å². The van der Waals surface area contributed by atoms with Crippen LogP contribution in [0.5, 0.6) is 0 Å². The molecule has 3 aromatic carbocycles. The van der Waals surface area contributed by atoms with Crippen molar-refractivity contribution in [1.82, 2.24) is 4.90 Å². The number of rotatable bonds is 6. The molecule has 5 heteroatoms. The molecule has 34 heavy (non-hydrogen) atoms. The van der Waals surface area contributed by atoms with Crippen LogP contribution in [-0.2, 0) is 16.1 Å². The van der Waals surface area contributed by atoms with Gasteiger partial charge in [0.2, 0.25) is 5.91 Å². The summed E-state index contributed by atoms with van der Waals surface area (Å²) in [7, 11) is 0. The summed E-state index contributed by atoms with van der Waals surface area (Å²) in [6.07, 6.45) is -0.0335. The van der Waals surface area contributed by atoms with Crippen LogP contribution in [0.25, 0.3) is 0 Å². The first-order valence-electron chi connectivity index (χ1n) is 11.6. The highest BCUT2D eigenvalue weighted by molar-refractivity contribution is 6.23. The van der Waals surface area contributed by atoms with Gasteiger partial charge in [-0.05, 0) is 55.2 Å². The van der Waals surface area contributed by atoms with Gasteiger partial charge < -0.3 is 4.90 Å². The maximum absolute atomic E-state index is 13.6. The van der Waals surface area contributed by atoms with E-state index in [1.165, 1.54) is 4.90 Å². The minimum Gasteiger partial charge on any atom is -0.322 e. The average molecular weight is 455 g/mol. The molecule has 1 unspecified atom stereocenters. The number of anilines is 1. The zero-order valence-electron chi connectivity index (χ0n) is 20.1. The molecule has 0 spiro atoms. The molecule has 3 amide bonds. The molecule has 0 aromatic heterocycles. The second-order valence-electron chi connectivity index (χ2n) is 9.32. The lowest BCUT2D eigenvalue weighted by molar-refractivity contribution is -0.122. The summed E-state index contributed by atoms with van der Waals surface area (Å²) in [4.78, 5) is 42.9. The fourth-order valence-corrected chi connectivity index (χ4v) is 4.30. The van der Waals surface area contributed by atoms with Crippen molar-refractivity contribution in [2.45, 2.75) is 52.6 Å². The topological polar surface area (TPSA) is 57.7 Å². The first-order chi connectivity index (χ1) is 16.2. The van der Waals surface area contributed by atoms with E-state index in [4.69, 9.17) is 0 Å². The standard InChI is InChI=1S/C29H30N2O3/c1-19(2)23-12-14-25(15-13-23)31-27(32)17-26(29(31)34)30(18-22-10-8-20(3)9-11-22)28(33)24-7-5-6-21(4)16-24/h5-16,19,26H,17-18H2,1-4H3. The Morgan fingerprint density at radius 1 is 0.941 bits per heavy atom. The first-order valence-corrected chi connectivity index (χ1v) is 11.6. The van der Waals surface area contributed by atoms with E-state index in [0.29, 0.717) is 17.2 Å². The molecule has 0 radical (unpaired) electrons. The van der Waals surface area contributed by atoms with Crippen LogP contribution in [0.3, 0.4) is 0 Å². The van der Waals surface area contributed by atoms with Crippen LogP contribution in [0.1, 0.15) is 58.8 Å². The largest absolute Gasteiger partial charge is 0.322 e. The SMILES string of the molecule is Cc1ccc(CN(C(=O)c2cccc(C)c2)C2CC(=O)N(c3ccc(C(C)C)cc3)C2=O)cc1. The minimum absolute atomic E-state index is 0.0335. The third-order valence-electron chi connectivity index (χ3n) is 6.32. The lowest BCUT2D eigenvalue weighted by Crippen LogP contribution is -2.45. The maximum atomic E-state index is 13.6. The van der Waals surface area contributed by atoms with Crippen molar-refractivity contribution in [1.29, 1.82) is 0 Å². The molecule has 174 valence electrons. The van der Waals surface area contributed by atoms with Crippen molar-refractivity contribution in [3.8, 4) is 0 Å². The second kappa shape index (κ2) is 9.64. The second-order valence-corrected chi connectivity index (χ2v) is 9.32. The minimum atomic E-state index is -0.855.